The highest BCUT2D eigenvalue weighted by atomic mass is 16.5. The topological polar surface area (TPSA) is 54.6 Å². The van der Waals surface area contributed by atoms with Gasteiger partial charge in [0.25, 0.3) is 0 Å². The van der Waals surface area contributed by atoms with Gasteiger partial charge in [0, 0.05) is 42.3 Å². The van der Waals surface area contributed by atoms with Crippen LogP contribution in [-0.4, -0.2) is 42.7 Å². The molecule has 0 amide bonds. The number of rotatable bonds is 10. The number of H-pyrrole nitrogens is 1. The van der Waals surface area contributed by atoms with Gasteiger partial charge >= 0.3 is 5.97 Å². The van der Waals surface area contributed by atoms with Crippen molar-refractivity contribution in [3.63, 3.8) is 0 Å². The molecular weight excluding hydrogens is 460 g/mol. The minimum absolute atomic E-state index is 0.338. The number of methoxy groups -OCH3 is 1. The standard InChI is InChI=1S/C32H34N2O3/c1-23-7-3-6-10-31(23)37-20-19-34(18-17-26-22-33-29-9-5-4-8-27(26)29)30-15-13-25-21-24(11-14-28(25)30)12-16-32(35)36-2/h3-12,14,16,21-22,30,33H,13,15,17-20H2,1-2H3. The molecule has 4 aromatic rings. The molecule has 1 heterocycles. The molecule has 5 heteroatoms. The van der Waals surface area contributed by atoms with Crippen molar-refractivity contribution < 1.29 is 14.3 Å². The molecule has 5 rings (SSSR count). The number of benzene rings is 3. The molecular formula is C32H34N2O3. The zero-order chi connectivity index (χ0) is 25.6. The molecule has 5 nitrogen and oxygen atoms in total. The number of aromatic nitrogens is 1. The van der Waals surface area contributed by atoms with Crippen LogP contribution in [-0.2, 0) is 22.4 Å². The van der Waals surface area contributed by atoms with E-state index in [1.807, 2.05) is 24.3 Å². The van der Waals surface area contributed by atoms with Crippen LogP contribution in [0.1, 0.15) is 40.3 Å². The van der Waals surface area contributed by atoms with Gasteiger partial charge < -0.3 is 14.5 Å². The van der Waals surface area contributed by atoms with Gasteiger partial charge in [-0.25, -0.2) is 4.79 Å². The number of hydrogen-bond donors (Lipinski definition) is 1. The molecule has 0 fully saturated rings. The summed E-state index contributed by atoms with van der Waals surface area (Å²) in [6, 6.07) is 23.6. The number of fused-ring (bicyclic) bond motifs is 2. The van der Waals surface area contributed by atoms with Gasteiger partial charge in [0.05, 0.1) is 7.11 Å². The zero-order valence-electron chi connectivity index (χ0n) is 21.6. The van der Waals surface area contributed by atoms with E-state index in [1.165, 1.54) is 40.8 Å². The first-order chi connectivity index (χ1) is 18.1. The van der Waals surface area contributed by atoms with E-state index in [2.05, 4.69) is 71.5 Å². The van der Waals surface area contributed by atoms with E-state index in [0.29, 0.717) is 12.6 Å². The second-order valence-corrected chi connectivity index (χ2v) is 9.63. The Kier molecular flexibility index (Phi) is 7.71. The van der Waals surface area contributed by atoms with Crippen molar-refractivity contribution >= 4 is 22.9 Å². The van der Waals surface area contributed by atoms with Gasteiger partial charge in [0.1, 0.15) is 12.4 Å². The largest absolute Gasteiger partial charge is 0.492 e. The monoisotopic (exact) mass is 494 g/mol. The van der Waals surface area contributed by atoms with Crippen LogP contribution in [0.5, 0.6) is 5.75 Å². The van der Waals surface area contributed by atoms with E-state index in [4.69, 9.17) is 9.47 Å². The summed E-state index contributed by atoms with van der Waals surface area (Å²) in [5.74, 6) is 0.614. The average molecular weight is 495 g/mol. The van der Waals surface area contributed by atoms with Crippen LogP contribution in [0.15, 0.2) is 79.0 Å². The first kappa shape index (κ1) is 24.8. The van der Waals surface area contributed by atoms with Crippen molar-refractivity contribution in [3.8, 4) is 5.75 Å². The molecule has 0 radical (unpaired) electrons. The van der Waals surface area contributed by atoms with Crippen molar-refractivity contribution in [1.29, 1.82) is 0 Å². The summed E-state index contributed by atoms with van der Waals surface area (Å²) in [6.45, 7) is 4.53. The van der Waals surface area contributed by atoms with E-state index < -0.39 is 0 Å². The normalized spacial score (nSPS) is 14.9. The van der Waals surface area contributed by atoms with E-state index in [0.717, 1.165) is 49.2 Å². The fourth-order valence-electron chi connectivity index (χ4n) is 5.35. The van der Waals surface area contributed by atoms with Crippen LogP contribution >= 0.6 is 0 Å². The third kappa shape index (κ3) is 5.78. The van der Waals surface area contributed by atoms with E-state index in [9.17, 15) is 4.79 Å². The Morgan fingerprint density at radius 2 is 1.92 bits per heavy atom. The van der Waals surface area contributed by atoms with Crippen LogP contribution in [0, 0.1) is 6.92 Å². The maximum atomic E-state index is 11.5. The highest BCUT2D eigenvalue weighted by molar-refractivity contribution is 5.87. The van der Waals surface area contributed by atoms with Gasteiger partial charge in [0.2, 0.25) is 0 Å². The number of hydrogen-bond acceptors (Lipinski definition) is 4. The van der Waals surface area contributed by atoms with Gasteiger partial charge in [0.15, 0.2) is 0 Å². The number of carbonyl (C=O) groups is 1. The Morgan fingerprint density at radius 1 is 1.08 bits per heavy atom. The molecule has 1 unspecified atom stereocenters. The molecule has 1 aliphatic carbocycles. The molecule has 0 saturated heterocycles. The maximum absolute atomic E-state index is 11.5. The second kappa shape index (κ2) is 11.5. The highest BCUT2D eigenvalue weighted by Gasteiger charge is 2.28. The average Bonchev–Trinajstić information content (AvgIpc) is 3.54. The quantitative estimate of drug-likeness (QED) is 0.208. The molecule has 190 valence electrons. The molecule has 1 atom stereocenters. The summed E-state index contributed by atoms with van der Waals surface area (Å²) >= 11 is 0. The number of carbonyl (C=O) groups excluding carboxylic acids is 1. The summed E-state index contributed by atoms with van der Waals surface area (Å²) in [4.78, 5) is 17.5. The number of aryl methyl sites for hydroxylation is 2. The highest BCUT2D eigenvalue weighted by Crippen LogP contribution is 2.37. The third-order valence-electron chi connectivity index (χ3n) is 7.34. The van der Waals surface area contributed by atoms with Crippen LogP contribution < -0.4 is 4.74 Å². The molecule has 1 N–H and O–H groups in total. The van der Waals surface area contributed by atoms with Crippen LogP contribution in [0.2, 0.25) is 0 Å². The minimum atomic E-state index is -0.338. The molecule has 37 heavy (non-hydrogen) atoms. The summed E-state index contributed by atoms with van der Waals surface area (Å²) in [7, 11) is 1.40. The summed E-state index contributed by atoms with van der Waals surface area (Å²) < 4.78 is 10.9. The van der Waals surface area contributed by atoms with Crippen LogP contribution in [0.25, 0.3) is 17.0 Å². The molecule has 0 saturated carbocycles. The first-order valence-corrected chi connectivity index (χ1v) is 13.0. The fourth-order valence-corrected chi connectivity index (χ4v) is 5.35. The Labute approximate surface area is 218 Å². The number of esters is 1. The second-order valence-electron chi connectivity index (χ2n) is 9.63. The van der Waals surface area contributed by atoms with Crippen molar-refractivity contribution in [3.05, 3.63) is 107 Å². The summed E-state index contributed by atoms with van der Waals surface area (Å²) in [5, 5.41) is 1.30. The lowest BCUT2D eigenvalue weighted by atomic mass is 10.0. The molecule has 0 bridgehead atoms. The number of nitrogens with zero attached hydrogens (tertiary/aromatic N) is 1. The molecule has 0 aliphatic heterocycles. The zero-order valence-corrected chi connectivity index (χ0v) is 21.6. The van der Waals surface area contributed by atoms with E-state index in [1.54, 1.807) is 0 Å². The van der Waals surface area contributed by atoms with E-state index >= 15 is 0 Å². The number of para-hydroxylation sites is 2. The Hall–Kier alpha value is -3.83. The third-order valence-corrected chi connectivity index (χ3v) is 7.34. The smallest absolute Gasteiger partial charge is 0.330 e. The lowest BCUT2D eigenvalue weighted by molar-refractivity contribution is -0.134. The number of aromatic amines is 1. The van der Waals surface area contributed by atoms with Gasteiger partial charge in [-0.15, -0.1) is 0 Å². The molecule has 1 aliphatic rings. The molecule has 0 spiro atoms. The lowest BCUT2D eigenvalue weighted by Crippen LogP contribution is -2.33. The Bertz CT molecular complexity index is 1400. The maximum Gasteiger partial charge on any atom is 0.330 e. The summed E-state index contributed by atoms with van der Waals surface area (Å²) in [5.41, 5.74) is 7.45. The molecule has 3 aromatic carbocycles. The van der Waals surface area contributed by atoms with Crippen molar-refractivity contribution in [1.82, 2.24) is 9.88 Å². The minimum Gasteiger partial charge on any atom is -0.492 e. The number of nitrogens with one attached hydrogen (secondary N) is 1. The Morgan fingerprint density at radius 3 is 2.78 bits per heavy atom. The van der Waals surface area contributed by atoms with Crippen molar-refractivity contribution in [2.45, 2.75) is 32.2 Å². The van der Waals surface area contributed by atoms with E-state index in [-0.39, 0.29) is 5.97 Å². The van der Waals surface area contributed by atoms with Crippen LogP contribution in [0.3, 0.4) is 0 Å². The SMILES string of the molecule is COC(=O)C=Cc1ccc2c(c1)CCC2N(CCOc1ccccc1C)CCc1c[nH]c2ccccc12. The fraction of sp³-hybridized carbons (Fsp3) is 0.281. The predicted molar refractivity (Wildman–Crippen MR) is 149 cm³/mol. The predicted octanol–water partition coefficient (Wildman–Crippen LogP) is 6.27. The van der Waals surface area contributed by atoms with Crippen LogP contribution in [0.4, 0.5) is 0 Å². The van der Waals surface area contributed by atoms with Crippen molar-refractivity contribution in [2.75, 3.05) is 26.8 Å². The first-order valence-electron chi connectivity index (χ1n) is 13.0. The van der Waals surface area contributed by atoms with Gasteiger partial charge in [-0.3, -0.25) is 4.90 Å². The lowest BCUT2D eigenvalue weighted by Gasteiger charge is -2.30. The van der Waals surface area contributed by atoms with Gasteiger partial charge in [-0.05, 0) is 72.2 Å². The van der Waals surface area contributed by atoms with Gasteiger partial charge in [-0.1, -0.05) is 54.6 Å². The Balaban J connectivity index is 1.33. The number of ether oxygens (including phenoxy) is 2. The molecule has 1 aromatic heterocycles. The van der Waals surface area contributed by atoms with Gasteiger partial charge in [-0.2, -0.15) is 0 Å². The van der Waals surface area contributed by atoms with Crippen molar-refractivity contribution in [2.24, 2.45) is 0 Å². The summed E-state index contributed by atoms with van der Waals surface area (Å²) in [6.07, 6.45) is 8.53.